The van der Waals surface area contributed by atoms with Crippen molar-refractivity contribution in [1.29, 1.82) is 0 Å². The van der Waals surface area contributed by atoms with Crippen molar-refractivity contribution in [2.75, 3.05) is 14.1 Å². The van der Waals surface area contributed by atoms with Crippen LogP contribution in [0.15, 0.2) is 0 Å². The van der Waals surface area contributed by atoms with Crippen LogP contribution in [0.4, 0.5) is 0 Å². The number of aliphatic hydroxyl groups is 3. The molecular formula is C14H26Cl2N2O7. The standard InChI is InChI=1S/C14H24N2O7.2ClH/c1-5-4-6(17)14(20)13(21-5)22-12-10(19)7(15-2)9(18)8(16-3)11(12)23-14;;/h5,7-13,15-16,18-20H,4H2,1-3H3;2*1H/t5-,7-,8+,9+,10+,11-,12-,13+,14?;;/m1../s1. The second-order valence-electron chi connectivity index (χ2n) is 6.40. The predicted octanol–water partition coefficient (Wildman–Crippen LogP) is -2.08. The molecule has 2 saturated heterocycles. The third-order valence-electron chi connectivity index (χ3n) is 4.93. The minimum Gasteiger partial charge on any atom is -0.390 e. The van der Waals surface area contributed by atoms with Crippen molar-refractivity contribution in [3.05, 3.63) is 0 Å². The molecule has 0 spiro atoms. The van der Waals surface area contributed by atoms with Crippen molar-refractivity contribution in [2.24, 2.45) is 0 Å². The molecule has 0 bridgehead atoms. The number of halogens is 2. The maximum absolute atomic E-state index is 12.2. The number of carbonyl (C=O) groups is 1. The molecular weight excluding hydrogens is 379 g/mol. The average molecular weight is 405 g/mol. The van der Waals surface area contributed by atoms with Crippen molar-refractivity contribution in [2.45, 2.75) is 68.0 Å². The summed E-state index contributed by atoms with van der Waals surface area (Å²) in [5, 5.41) is 37.2. The van der Waals surface area contributed by atoms with Crippen LogP contribution in [0.1, 0.15) is 13.3 Å². The van der Waals surface area contributed by atoms with E-state index >= 15 is 0 Å². The first-order valence-electron chi connectivity index (χ1n) is 7.78. The summed E-state index contributed by atoms with van der Waals surface area (Å²) >= 11 is 0. The quantitative estimate of drug-likeness (QED) is 0.351. The Morgan fingerprint density at radius 3 is 2.20 bits per heavy atom. The summed E-state index contributed by atoms with van der Waals surface area (Å²) in [5.41, 5.74) is 0. The van der Waals surface area contributed by atoms with Crippen LogP contribution < -0.4 is 10.6 Å². The van der Waals surface area contributed by atoms with Crippen LogP contribution in [0.3, 0.4) is 0 Å². The van der Waals surface area contributed by atoms with E-state index in [1.54, 1.807) is 21.0 Å². The van der Waals surface area contributed by atoms with Crippen LogP contribution in [0.25, 0.3) is 0 Å². The van der Waals surface area contributed by atoms with Gasteiger partial charge in [-0.1, -0.05) is 0 Å². The number of aliphatic hydroxyl groups excluding tert-OH is 2. The molecule has 0 aromatic heterocycles. The molecule has 2 aliphatic heterocycles. The van der Waals surface area contributed by atoms with Gasteiger partial charge in [-0.25, -0.2) is 0 Å². The molecule has 1 aliphatic carbocycles. The Hall–Kier alpha value is -0.0700. The Bertz CT molecular complexity index is 488. The molecule has 1 unspecified atom stereocenters. The molecule has 0 aromatic carbocycles. The summed E-state index contributed by atoms with van der Waals surface area (Å²) < 4.78 is 16.8. The lowest BCUT2D eigenvalue weighted by Gasteiger charge is -2.55. The van der Waals surface area contributed by atoms with Gasteiger partial charge < -0.3 is 40.2 Å². The molecule has 9 atom stereocenters. The third-order valence-corrected chi connectivity index (χ3v) is 4.93. The van der Waals surface area contributed by atoms with E-state index in [1.165, 1.54) is 0 Å². The minimum absolute atomic E-state index is 0. The number of ketones is 1. The van der Waals surface area contributed by atoms with E-state index < -0.39 is 60.5 Å². The van der Waals surface area contributed by atoms with Gasteiger partial charge in [-0.15, -0.1) is 24.8 Å². The Labute approximate surface area is 158 Å². The van der Waals surface area contributed by atoms with Gasteiger partial charge in [-0.05, 0) is 21.0 Å². The van der Waals surface area contributed by atoms with Crippen molar-refractivity contribution in [1.82, 2.24) is 10.6 Å². The highest BCUT2D eigenvalue weighted by atomic mass is 35.5. The molecule has 25 heavy (non-hydrogen) atoms. The van der Waals surface area contributed by atoms with E-state index in [0.29, 0.717) is 0 Å². The van der Waals surface area contributed by atoms with Gasteiger partial charge in [-0.2, -0.15) is 0 Å². The second kappa shape index (κ2) is 8.30. The highest BCUT2D eigenvalue weighted by Crippen LogP contribution is 2.40. The molecule has 0 radical (unpaired) electrons. The summed E-state index contributed by atoms with van der Waals surface area (Å²) in [6, 6.07) is -1.29. The fraction of sp³-hybridized carbons (Fsp3) is 0.929. The Morgan fingerprint density at radius 1 is 1.04 bits per heavy atom. The average Bonchev–Trinajstić information content (AvgIpc) is 2.49. The van der Waals surface area contributed by atoms with Gasteiger partial charge >= 0.3 is 0 Å². The molecule has 2 heterocycles. The van der Waals surface area contributed by atoms with Gasteiger partial charge in [0, 0.05) is 6.42 Å². The molecule has 148 valence electrons. The van der Waals surface area contributed by atoms with Crippen molar-refractivity contribution < 1.29 is 34.3 Å². The topological polar surface area (TPSA) is 130 Å². The van der Waals surface area contributed by atoms with Crippen LogP contribution in [0.5, 0.6) is 0 Å². The lowest BCUT2D eigenvalue weighted by molar-refractivity contribution is -0.420. The van der Waals surface area contributed by atoms with Crippen molar-refractivity contribution in [3.8, 4) is 0 Å². The van der Waals surface area contributed by atoms with Gasteiger partial charge in [-0.3, -0.25) is 4.79 Å². The molecule has 9 nitrogen and oxygen atoms in total. The monoisotopic (exact) mass is 404 g/mol. The lowest BCUT2D eigenvalue weighted by atomic mass is 9.80. The maximum Gasteiger partial charge on any atom is 0.280 e. The fourth-order valence-electron chi connectivity index (χ4n) is 3.68. The van der Waals surface area contributed by atoms with E-state index in [0.717, 1.165) is 0 Å². The molecule has 1 saturated carbocycles. The Balaban J connectivity index is 0.00000156. The number of hydrogen-bond donors (Lipinski definition) is 5. The summed E-state index contributed by atoms with van der Waals surface area (Å²) in [7, 11) is 3.24. The van der Waals surface area contributed by atoms with E-state index in [1.807, 2.05) is 0 Å². The summed E-state index contributed by atoms with van der Waals surface area (Å²) in [5.74, 6) is -2.76. The lowest BCUT2D eigenvalue weighted by Crippen LogP contribution is -2.77. The minimum atomic E-state index is -2.23. The Morgan fingerprint density at radius 2 is 1.64 bits per heavy atom. The molecule has 0 aromatic rings. The van der Waals surface area contributed by atoms with Gasteiger partial charge in [0.05, 0.1) is 24.3 Å². The number of hydrogen-bond acceptors (Lipinski definition) is 9. The molecule has 3 aliphatic rings. The normalized spacial score (nSPS) is 49.3. The first-order chi connectivity index (χ1) is 10.8. The van der Waals surface area contributed by atoms with Crippen LogP contribution in [-0.4, -0.2) is 89.9 Å². The third kappa shape index (κ3) is 3.55. The van der Waals surface area contributed by atoms with Crippen LogP contribution in [0, 0.1) is 0 Å². The summed E-state index contributed by atoms with van der Waals surface area (Å²) in [6.07, 6.45) is -5.58. The van der Waals surface area contributed by atoms with Gasteiger partial charge in [0.2, 0.25) is 6.29 Å². The predicted molar refractivity (Wildman–Crippen MR) is 90.9 cm³/mol. The summed E-state index contributed by atoms with van der Waals surface area (Å²) in [4.78, 5) is 12.2. The molecule has 3 rings (SSSR count). The highest BCUT2D eigenvalue weighted by Gasteiger charge is 2.63. The first kappa shape index (κ1) is 23.0. The largest absolute Gasteiger partial charge is 0.390 e. The first-order valence-corrected chi connectivity index (χ1v) is 7.78. The molecule has 0 amide bonds. The van der Waals surface area contributed by atoms with Crippen LogP contribution in [-0.2, 0) is 19.0 Å². The van der Waals surface area contributed by atoms with E-state index in [-0.39, 0.29) is 31.2 Å². The maximum atomic E-state index is 12.2. The number of nitrogens with one attached hydrogen (secondary N) is 2. The van der Waals surface area contributed by atoms with E-state index in [4.69, 9.17) is 14.2 Å². The van der Waals surface area contributed by atoms with Gasteiger partial charge in [0.15, 0.2) is 5.78 Å². The Kier molecular flexibility index (Phi) is 7.63. The highest BCUT2D eigenvalue weighted by molar-refractivity contribution is 5.87. The number of likely N-dealkylation sites (N-methyl/N-ethyl adjacent to an activating group) is 2. The SMILES string of the molecule is CN[C@@H]1[C@H](O)[C@H](NC)[C@H]2OC3(O)C(=O)C[C@@H](C)O[C@H]3O[C@@H]2[C@H]1O.Cl.Cl. The van der Waals surface area contributed by atoms with E-state index in [9.17, 15) is 20.1 Å². The zero-order chi connectivity index (χ0) is 16.9. The zero-order valence-electron chi connectivity index (χ0n) is 14.1. The number of carbonyl (C=O) groups excluding carboxylic acids is 1. The van der Waals surface area contributed by atoms with Crippen LogP contribution >= 0.6 is 24.8 Å². The number of rotatable bonds is 2. The molecule has 3 fully saturated rings. The van der Waals surface area contributed by atoms with Crippen LogP contribution in [0.2, 0.25) is 0 Å². The van der Waals surface area contributed by atoms with Crippen molar-refractivity contribution in [3.63, 3.8) is 0 Å². The smallest absolute Gasteiger partial charge is 0.280 e. The second-order valence-corrected chi connectivity index (χ2v) is 6.40. The summed E-state index contributed by atoms with van der Waals surface area (Å²) in [6.45, 7) is 1.70. The molecule has 5 N–H and O–H groups in total. The zero-order valence-corrected chi connectivity index (χ0v) is 15.8. The van der Waals surface area contributed by atoms with Gasteiger partial charge in [0.1, 0.15) is 18.3 Å². The fourth-order valence-corrected chi connectivity index (χ4v) is 3.68. The number of ether oxygens (including phenoxy) is 3. The number of Topliss-reactive ketones (excluding diaryl/α,β-unsaturated/α-hetero) is 1. The number of fused-ring (bicyclic) bond motifs is 2. The van der Waals surface area contributed by atoms with Crippen molar-refractivity contribution >= 4 is 30.6 Å². The van der Waals surface area contributed by atoms with E-state index in [2.05, 4.69) is 10.6 Å². The molecule has 11 heteroatoms. The van der Waals surface area contributed by atoms with Gasteiger partial charge in [0.25, 0.3) is 5.79 Å².